The first kappa shape index (κ1) is 17.2. The number of nitrogens with zero attached hydrogens (tertiary/aromatic N) is 1. The second-order valence-electron chi connectivity index (χ2n) is 8.33. The van der Waals surface area contributed by atoms with E-state index in [2.05, 4.69) is 33.4 Å². The minimum atomic E-state index is -0.811. The lowest BCUT2D eigenvalue weighted by atomic mass is 9.63. The number of nitrogens with one attached hydrogen (secondary N) is 1. The molecule has 1 N–H and O–H groups in total. The van der Waals surface area contributed by atoms with E-state index in [1.807, 2.05) is 25.1 Å². The van der Waals surface area contributed by atoms with Crippen molar-refractivity contribution in [3.05, 3.63) is 40.4 Å². The first-order chi connectivity index (χ1) is 12.9. The van der Waals surface area contributed by atoms with Crippen molar-refractivity contribution in [1.82, 2.24) is 4.90 Å². The summed E-state index contributed by atoms with van der Waals surface area (Å²) in [6.45, 7) is 3.55. The normalized spacial score (nSPS) is 36.5. The molecule has 1 aromatic carbocycles. The summed E-state index contributed by atoms with van der Waals surface area (Å²) in [6, 6.07) is 4.77. The van der Waals surface area contributed by atoms with Crippen molar-refractivity contribution in [3.63, 3.8) is 0 Å². The van der Waals surface area contributed by atoms with Crippen molar-refractivity contribution in [3.8, 4) is 0 Å². The average Bonchev–Trinajstić information content (AvgIpc) is 3.41. The zero-order valence-electron chi connectivity index (χ0n) is 15.2. The summed E-state index contributed by atoms with van der Waals surface area (Å²) in [4.78, 5) is 40.2. The zero-order chi connectivity index (χ0) is 19.0. The Kier molecular flexibility index (Phi) is 3.67. The molecular weight excluding hydrogens is 408 g/mol. The van der Waals surface area contributed by atoms with Crippen molar-refractivity contribution in [2.45, 2.75) is 26.3 Å². The molecule has 140 valence electrons. The first-order valence-electron chi connectivity index (χ1n) is 9.50. The number of rotatable bonds is 3. The number of aryl methyl sites for hydroxylation is 1. The molecule has 5 aliphatic rings. The minimum Gasteiger partial charge on any atom is -0.324 e. The number of carbonyl (C=O) groups is 3. The topological polar surface area (TPSA) is 66.5 Å². The standard InChI is InChI=1S/C21H21BrN2O3/c1-9-7-11(22)3-6-16(9)23-19(25)10(2)24-20(26)17-12-4-5-13(15-8-14(12)15)18(17)21(24)27/h3-7,10,12-15,17-18H,8H2,1-2H3,(H,23,25)/t10-,12+,13+,14+,15+,17-,18+/m0/s1. The van der Waals surface area contributed by atoms with E-state index in [9.17, 15) is 14.4 Å². The number of allylic oxidation sites excluding steroid dienone is 2. The van der Waals surface area contributed by atoms with Gasteiger partial charge < -0.3 is 5.32 Å². The van der Waals surface area contributed by atoms with Gasteiger partial charge in [0.1, 0.15) is 6.04 Å². The number of imide groups is 1. The van der Waals surface area contributed by atoms with Gasteiger partial charge in [-0.1, -0.05) is 28.1 Å². The molecule has 0 spiro atoms. The van der Waals surface area contributed by atoms with E-state index in [-0.39, 0.29) is 41.4 Å². The monoisotopic (exact) mass is 428 g/mol. The SMILES string of the molecule is Cc1cc(Br)ccc1NC(=O)[C@H](C)N1C(=O)[C@@H]2[C@@H]3C=C[C@H]([C@H]4C[C@H]34)[C@@H]2C1=O. The molecule has 0 unspecified atom stereocenters. The van der Waals surface area contributed by atoms with Gasteiger partial charge in [0.25, 0.3) is 0 Å². The average molecular weight is 429 g/mol. The molecule has 1 heterocycles. The number of hydrogen-bond donors (Lipinski definition) is 1. The Labute approximate surface area is 166 Å². The summed E-state index contributed by atoms with van der Waals surface area (Å²) in [5, 5.41) is 2.87. The molecule has 6 heteroatoms. The molecule has 1 aliphatic heterocycles. The van der Waals surface area contributed by atoms with Crippen LogP contribution in [0.1, 0.15) is 18.9 Å². The molecule has 6 rings (SSSR count). The highest BCUT2D eigenvalue weighted by Crippen LogP contribution is 2.65. The molecule has 0 aromatic heterocycles. The van der Waals surface area contributed by atoms with Crippen LogP contribution >= 0.6 is 15.9 Å². The van der Waals surface area contributed by atoms with Gasteiger partial charge in [0.2, 0.25) is 17.7 Å². The van der Waals surface area contributed by atoms with Crippen molar-refractivity contribution in [2.75, 3.05) is 5.32 Å². The summed E-state index contributed by atoms with van der Waals surface area (Å²) in [6.07, 6.45) is 5.42. The molecule has 0 radical (unpaired) electrons. The molecule has 2 saturated carbocycles. The van der Waals surface area contributed by atoms with E-state index in [1.54, 1.807) is 6.92 Å². The lowest BCUT2D eigenvalue weighted by Crippen LogP contribution is -2.46. The number of hydrogen-bond acceptors (Lipinski definition) is 3. The molecule has 2 bridgehead atoms. The molecule has 3 amide bonds. The summed E-state index contributed by atoms with van der Waals surface area (Å²) in [5.41, 5.74) is 1.61. The third kappa shape index (κ3) is 2.38. The molecule has 5 nitrogen and oxygen atoms in total. The fourth-order valence-electron chi connectivity index (χ4n) is 5.48. The van der Waals surface area contributed by atoms with Crippen LogP contribution in [0.5, 0.6) is 0 Å². The third-order valence-electron chi connectivity index (χ3n) is 6.91. The zero-order valence-corrected chi connectivity index (χ0v) is 16.8. The predicted molar refractivity (Wildman–Crippen MR) is 104 cm³/mol. The maximum absolute atomic E-state index is 13.1. The van der Waals surface area contributed by atoms with Crippen LogP contribution in [0.25, 0.3) is 0 Å². The molecule has 1 aromatic rings. The van der Waals surface area contributed by atoms with E-state index in [4.69, 9.17) is 0 Å². The molecule has 4 aliphatic carbocycles. The Hall–Kier alpha value is -1.95. The molecule has 27 heavy (non-hydrogen) atoms. The second kappa shape index (κ2) is 5.77. The van der Waals surface area contributed by atoms with Crippen LogP contribution in [-0.2, 0) is 14.4 Å². The van der Waals surface area contributed by atoms with Gasteiger partial charge in [0.05, 0.1) is 11.8 Å². The van der Waals surface area contributed by atoms with Gasteiger partial charge in [-0.15, -0.1) is 0 Å². The van der Waals surface area contributed by atoms with E-state index in [0.717, 1.165) is 16.5 Å². The summed E-state index contributed by atoms with van der Waals surface area (Å²) < 4.78 is 0.932. The van der Waals surface area contributed by atoms with E-state index in [0.29, 0.717) is 17.5 Å². The van der Waals surface area contributed by atoms with Gasteiger partial charge in [-0.05, 0) is 67.7 Å². The van der Waals surface area contributed by atoms with E-state index >= 15 is 0 Å². The highest BCUT2D eigenvalue weighted by atomic mass is 79.9. The van der Waals surface area contributed by atoms with Crippen molar-refractivity contribution < 1.29 is 14.4 Å². The first-order valence-corrected chi connectivity index (χ1v) is 10.3. The highest BCUT2D eigenvalue weighted by Gasteiger charge is 2.67. The van der Waals surface area contributed by atoms with Crippen LogP contribution in [0.2, 0.25) is 0 Å². The molecule has 1 saturated heterocycles. The number of amides is 3. The maximum atomic E-state index is 13.1. The maximum Gasteiger partial charge on any atom is 0.247 e. The van der Waals surface area contributed by atoms with Crippen LogP contribution in [0, 0.1) is 42.4 Å². The van der Waals surface area contributed by atoms with Gasteiger partial charge in [0, 0.05) is 10.2 Å². The minimum absolute atomic E-state index is 0.162. The fourth-order valence-corrected chi connectivity index (χ4v) is 5.96. The quantitative estimate of drug-likeness (QED) is 0.593. The lowest BCUT2D eigenvalue weighted by Gasteiger charge is -2.37. The summed E-state index contributed by atoms with van der Waals surface area (Å²) in [7, 11) is 0. The van der Waals surface area contributed by atoms with Crippen molar-refractivity contribution in [1.29, 1.82) is 0 Å². The van der Waals surface area contributed by atoms with E-state index < -0.39 is 6.04 Å². The van der Waals surface area contributed by atoms with Gasteiger partial charge >= 0.3 is 0 Å². The Morgan fingerprint density at radius 3 is 2.30 bits per heavy atom. The molecule has 7 atom stereocenters. The third-order valence-corrected chi connectivity index (χ3v) is 7.40. The van der Waals surface area contributed by atoms with Crippen LogP contribution in [0.15, 0.2) is 34.8 Å². The number of likely N-dealkylation sites (tertiary alicyclic amines) is 1. The van der Waals surface area contributed by atoms with Gasteiger partial charge in [-0.2, -0.15) is 0 Å². The summed E-state index contributed by atoms with van der Waals surface area (Å²) in [5.74, 6) is 0.300. The van der Waals surface area contributed by atoms with Crippen LogP contribution in [-0.4, -0.2) is 28.7 Å². The van der Waals surface area contributed by atoms with Gasteiger partial charge in [0.15, 0.2) is 0 Å². The van der Waals surface area contributed by atoms with Crippen molar-refractivity contribution in [2.24, 2.45) is 35.5 Å². The Balaban J connectivity index is 1.38. The number of carbonyl (C=O) groups excluding carboxylic acids is 3. The van der Waals surface area contributed by atoms with Crippen LogP contribution in [0.4, 0.5) is 5.69 Å². The predicted octanol–water partition coefficient (Wildman–Crippen LogP) is 3.14. The van der Waals surface area contributed by atoms with E-state index in [1.165, 1.54) is 4.90 Å². The molecule has 3 fully saturated rings. The second-order valence-corrected chi connectivity index (χ2v) is 9.24. The fraction of sp³-hybridized carbons (Fsp3) is 0.476. The number of benzene rings is 1. The van der Waals surface area contributed by atoms with Crippen LogP contribution < -0.4 is 5.32 Å². The highest BCUT2D eigenvalue weighted by molar-refractivity contribution is 9.10. The van der Waals surface area contributed by atoms with Crippen LogP contribution in [0.3, 0.4) is 0 Å². The lowest BCUT2D eigenvalue weighted by molar-refractivity contribution is -0.146. The number of anilines is 1. The van der Waals surface area contributed by atoms with Gasteiger partial charge in [-0.3, -0.25) is 19.3 Å². The smallest absolute Gasteiger partial charge is 0.247 e. The Morgan fingerprint density at radius 1 is 1.15 bits per heavy atom. The molecular formula is C21H21BrN2O3. The number of halogens is 1. The Morgan fingerprint density at radius 2 is 1.74 bits per heavy atom. The van der Waals surface area contributed by atoms with Gasteiger partial charge in [-0.25, -0.2) is 0 Å². The van der Waals surface area contributed by atoms with Crippen molar-refractivity contribution >= 4 is 39.3 Å². The Bertz CT molecular complexity index is 875. The summed E-state index contributed by atoms with van der Waals surface area (Å²) >= 11 is 3.41. The largest absolute Gasteiger partial charge is 0.324 e.